The standard InChI is InChI=1S/C15H12ClN3OS/c1-21-11-5-2-9(3-6-11)14-18-15(20-19-14)10-4-7-13(17)12(16)8-10/h2-8H,17H2,1H3. The van der Waals surface area contributed by atoms with Crippen LogP contribution in [0.25, 0.3) is 22.8 Å². The Hall–Kier alpha value is -1.98. The molecule has 1 heterocycles. The zero-order valence-electron chi connectivity index (χ0n) is 11.2. The van der Waals surface area contributed by atoms with Gasteiger partial charge in [-0.05, 0) is 48.7 Å². The number of aromatic nitrogens is 2. The van der Waals surface area contributed by atoms with Crippen LogP contribution in [0.4, 0.5) is 5.69 Å². The molecule has 21 heavy (non-hydrogen) atoms. The fourth-order valence-electron chi connectivity index (χ4n) is 1.86. The molecule has 3 rings (SSSR count). The summed E-state index contributed by atoms with van der Waals surface area (Å²) < 4.78 is 5.29. The Labute approximate surface area is 131 Å². The molecule has 0 amide bonds. The van der Waals surface area contributed by atoms with E-state index in [1.54, 1.807) is 30.0 Å². The van der Waals surface area contributed by atoms with Crippen LogP contribution in [-0.4, -0.2) is 16.4 Å². The van der Waals surface area contributed by atoms with Crippen LogP contribution in [0, 0.1) is 0 Å². The van der Waals surface area contributed by atoms with E-state index in [0.29, 0.717) is 22.4 Å². The number of hydrogen-bond donors (Lipinski definition) is 1. The maximum absolute atomic E-state index is 6.00. The Kier molecular flexibility index (Phi) is 3.86. The molecule has 0 aliphatic carbocycles. The van der Waals surface area contributed by atoms with Crippen LogP contribution in [-0.2, 0) is 0 Å². The first-order valence-electron chi connectivity index (χ1n) is 6.21. The van der Waals surface area contributed by atoms with E-state index in [0.717, 1.165) is 11.1 Å². The van der Waals surface area contributed by atoms with Crippen molar-refractivity contribution >= 4 is 29.1 Å². The lowest BCUT2D eigenvalue weighted by molar-refractivity contribution is 0.432. The van der Waals surface area contributed by atoms with E-state index in [9.17, 15) is 0 Å². The van der Waals surface area contributed by atoms with Crippen LogP contribution in [0.1, 0.15) is 0 Å². The molecule has 0 saturated carbocycles. The largest absolute Gasteiger partial charge is 0.398 e. The average Bonchev–Trinajstić information content (AvgIpc) is 3.00. The van der Waals surface area contributed by atoms with Crippen molar-refractivity contribution in [1.82, 2.24) is 10.1 Å². The highest BCUT2D eigenvalue weighted by Gasteiger charge is 2.11. The summed E-state index contributed by atoms with van der Waals surface area (Å²) >= 11 is 7.69. The van der Waals surface area contributed by atoms with E-state index < -0.39 is 0 Å². The summed E-state index contributed by atoms with van der Waals surface area (Å²) in [7, 11) is 0. The van der Waals surface area contributed by atoms with Crippen LogP contribution in [0.15, 0.2) is 51.9 Å². The van der Waals surface area contributed by atoms with Crippen molar-refractivity contribution in [2.75, 3.05) is 12.0 Å². The number of nitrogens with zero attached hydrogens (tertiary/aromatic N) is 2. The summed E-state index contributed by atoms with van der Waals surface area (Å²) in [6.45, 7) is 0. The van der Waals surface area contributed by atoms with Crippen molar-refractivity contribution in [2.24, 2.45) is 0 Å². The number of hydrogen-bond acceptors (Lipinski definition) is 5. The van der Waals surface area contributed by atoms with Gasteiger partial charge >= 0.3 is 0 Å². The first-order chi connectivity index (χ1) is 10.2. The minimum atomic E-state index is 0.417. The van der Waals surface area contributed by atoms with Gasteiger partial charge in [-0.3, -0.25) is 0 Å². The number of halogens is 1. The molecule has 0 atom stereocenters. The van der Waals surface area contributed by atoms with E-state index in [-0.39, 0.29) is 0 Å². The van der Waals surface area contributed by atoms with Gasteiger partial charge in [0.1, 0.15) is 0 Å². The minimum Gasteiger partial charge on any atom is -0.398 e. The van der Waals surface area contributed by atoms with Gasteiger partial charge < -0.3 is 10.3 Å². The minimum absolute atomic E-state index is 0.417. The number of nitrogen functional groups attached to an aromatic ring is 1. The molecule has 1 aromatic heterocycles. The summed E-state index contributed by atoms with van der Waals surface area (Å²) in [6.07, 6.45) is 2.03. The van der Waals surface area contributed by atoms with Gasteiger partial charge in [0.2, 0.25) is 5.82 Å². The van der Waals surface area contributed by atoms with Crippen LogP contribution < -0.4 is 5.73 Å². The first-order valence-corrected chi connectivity index (χ1v) is 7.81. The van der Waals surface area contributed by atoms with Gasteiger partial charge in [-0.25, -0.2) is 0 Å². The molecule has 0 bridgehead atoms. The predicted octanol–water partition coefficient (Wildman–Crippen LogP) is 4.36. The van der Waals surface area contributed by atoms with Gasteiger partial charge in [0, 0.05) is 16.0 Å². The van der Waals surface area contributed by atoms with Gasteiger partial charge in [-0.2, -0.15) is 4.98 Å². The summed E-state index contributed by atoms with van der Waals surface area (Å²) in [5, 5.41) is 4.47. The van der Waals surface area contributed by atoms with E-state index in [4.69, 9.17) is 21.9 Å². The molecule has 0 spiro atoms. The Morgan fingerprint density at radius 3 is 2.48 bits per heavy atom. The lowest BCUT2D eigenvalue weighted by Gasteiger charge is -1.99. The fourth-order valence-corrected chi connectivity index (χ4v) is 2.45. The van der Waals surface area contributed by atoms with Gasteiger partial charge in [-0.1, -0.05) is 16.8 Å². The zero-order chi connectivity index (χ0) is 14.8. The molecule has 0 fully saturated rings. The maximum atomic E-state index is 6.00. The predicted molar refractivity (Wildman–Crippen MR) is 86.4 cm³/mol. The number of anilines is 1. The molecule has 0 saturated heterocycles. The average molecular weight is 318 g/mol. The molecule has 2 aromatic carbocycles. The van der Waals surface area contributed by atoms with Crippen molar-refractivity contribution in [1.29, 1.82) is 0 Å². The van der Waals surface area contributed by atoms with Gasteiger partial charge in [-0.15, -0.1) is 11.8 Å². The summed E-state index contributed by atoms with van der Waals surface area (Å²) in [4.78, 5) is 5.58. The number of nitrogens with two attached hydrogens (primary N) is 1. The number of rotatable bonds is 3. The monoisotopic (exact) mass is 317 g/mol. The third-order valence-electron chi connectivity index (χ3n) is 3.02. The topological polar surface area (TPSA) is 64.9 Å². The third kappa shape index (κ3) is 2.89. The van der Waals surface area contributed by atoms with E-state index >= 15 is 0 Å². The molecular formula is C15H12ClN3OS. The summed E-state index contributed by atoms with van der Waals surface area (Å²) in [6, 6.07) is 13.2. The molecule has 0 aliphatic heterocycles. The second kappa shape index (κ2) is 5.79. The molecule has 0 unspecified atom stereocenters. The Bertz CT molecular complexity index is 771. The second-order valence-electron chi connectivity index (χ2n) is 4.39. The quantitative estimate of drug-likeness (QED) is 0.574. The smallest absolute Gasteiger partial charge is 0.258 e. The van der Waals surface area contributed by atoms with Crippen molar-refractivity contribution in [3.8, 4) is 22.8 Å². The van der Waals surface area contributed by atoms with Crippen LogP contribution in [0.3, 0.4) is 0 Å². The lowest BCUT2D eigenvalue weighted by atomic mass is 10.2. The van der Waals surface area contributed by atoms with Crippen molar-refractivity contribution < 1.29 is 4.52 Å². The normalized spacial score (nSPS) is 10.8. The molecule has 4 nitrogen and oxygen atoms in total. The van der Waals surface area contributed by atoms with E-state index in [1.165, 1.54) is 4.90 Å². The van der Waals surface area contributed by atoms with E-state index in [1.807, 2.05) is 30.5 Å². The van der Waals surface area contributed by atoms with Crippen molar-refractivity contribution in [2.45, 2.75) is 4.90 Å². The Balaban J connectivity index is 1.93. The zero-order valence-corrected chi connectivity index (χ0v) is 12.8. The highest BCUT2D eigenvalue weighted by Crippen LogP contribution is 2.28. The molecule has 3 aromatic rings. The Morgan fingerprint density at radius 2 is 1.81 bits per heavy atom. The van der Waals surface area contributed by atoms with Gasteiger partial charge in [0.05, 0.1) is 10.7 Å². The molecule has 2 N–H and O–H groups in total. The highest BCUT2D eigenvalue weighted by atomic mass is 35.5. The lowest BCUT2D eigenvalue weighted by Crippen LogP contribution is -1.87. The number of thioether (sulfide) groups is 1. The van der Waals surface area contributed by atoms with E-state index in [2.05, 4.69) is 10.1 Å². The van der Waals surface area contributed by atoms with Gasteiger partial charge in [0.15, 0.2) is 0 Å². The van der Waals surface area contributed by atoms with Crippen LogP contribution in [0.2, 0.25) is 5.02 Å². The third-order valence-corrected chi connectivity index (χ3v) is 4.09. The van der Waals surface area contributed by atoms with Gasteiger partial charge in [0.25, 0.3) is 5.89 Å². The SMILES string of the molecule is CSc1ccc(-c2noc(-c3ccc(N)c(Cl)c3)n2)cc1. The van der Waals surface area contributed by atoms with Crippen LogP contribution in [0.5, 0.6) is 0 Å². The molecular weight excluding hydrogens is 306 g/mol. The van der Waals surface area contributed by atoms with Crippen LogP contribution >= 0.6 is 23.4 Å². The van der Waals surface area contributed by atoms with Crippen molar-refractivity contribution in [3.63, 3.8) is 0 Å². The molecule has 106 valence electrons. The summed E-state index contributed by atoms with van der Waals surface area (Å²) in [5.74, 6) is 0.964. The fraction of sp³-hybridized carbons (Fsp3) is 0.0667. The molecule has 0 radical (unpaired) electrons. The highest BCUT2D eigenvalue weighted by molar-refractivity contribution is 7.98. The number of benzene rings is 2. The maximum Gasteiger partial charge on any atom is 0.258 e. The van der Waals surface area contributed by atoms with Crippen molar-refractivity contribution in [3.05, 3.63) is 47.5 Å². The molecule has 0 aliphatic rings. The summed E-state index contributed by atoms with van der Waals surface area (Å²) in [5.41, 5.74) is 7.86. The second-order valence-corrected chi connectivity index (χ2v) is 5.67. The Morgan fingerprint density at radius 1 is 1.10 bits per heavy atom. The molecule has 6 heteroatoms. The first kappa shape index (κ1) is 14.0.